The minimum absolute atomic E-state index is 0.00402. The molecule has 0 saturated heterocycles. The molecule has 0 fully saturated rings. The van der Waals surface area contributed by atoms with Crippen LogP contribution in [0, 0.1) is 0 Å². The summed E-state index contributed by atoms with van der Waals surface area (Å²) in [5.41, 5.74) is -1.08. The van der Waals surface area contributed by atoms with E-state index in [1.165, 1.54) is 11.3 Å². The predicted octanol–water partition coefficient (Wildman–Crippen LogP) is 5.58. The Labute approximate surface area is 182 Å². The summed E-state index contributed by atoms with van der Waals surface area (Å²) in [6, 6.07) is 0. The maximum atomic E-state index is 12.7. The van der Waals surface area contributed by atoms with E-state index in [1.807, 2.05) is 0 Å². The average Bonchev–Trinajstić information content (AvgIpc) is 2.96. The van der Waals surface area contributed by atoms with Gasteiger partial charge in [0.05, 0.1) is 31.6 Å². The highest BCUT2D eigenvalue weighted by Gasteiger charge is 2.32. The quantitative estimate of drug-likeness (QED) is 0.459. The van der Waals surface area contributed by atoms with Gasteiger partial charge in [-0.15, -0.1) is 11.3 Å². The predicted molar refractivity (Wildman–Crippen MR) is 115 cm³/mol. The first-order valence-electron chi connectivity index (χ1n) is 9.73. The molecule has 0 atom stereocenters. The molecule has 0 aromatic carbocycles. The van der Waals surface area contributed by atoms with Gasteiger partial charge in [-0.25, -0.2) is 19.5 Å². The van der Waals surface area contributed by atoms with Crippen molar-refractivity contribution >= 4 is 31.1 Å². The number of thiazole rings is 1. The van der Waals surface area contributed by atoms with Crippen molar-refractivity contribution in [1.29, 1.82) is 0 Å². The molecule has 0 bridgehead atoms. The molecule has 0 saturated carbocycles. The summed E-state index contributed by atoms with van der Waals surface area (Å²) in [6.07, 6.45) is -1.66. The zero-order chi connectivity index (χ0) is 23.2. The Morgan fingerprint density at radius 3 is 1.87 bits per heavy atom. The molecule has 0 aliphatic heterocycles. The van der Waals surface area contributed by atoms with Crippen LogP contribution in [-0.4, -0.2) is 46.5 Å². The first-order valence-corrected chi connectivity index (χ1v) is 12.3. The van der Waals surface area contributed by atoms with Crippen molar-refractivity contribution in [3.05, 3.63) is 16.1 Å². The summed E-state index contributed by atoms with van der Waals surface area (Å²) < 4.78 is 34.0. The van der Waals surface area contributed by atoms with E-state index in [2.05, 4.69) is 4.98 Å². The van der Waals surface area contributed by atoms with Gasteiger partial charge in [0.2, 0.25) is 0 Å². The molecule has 0 spiro atoms. The molecule has 1 aromatic heterocycles. The highest BCUT2D eigenvalue weighted by molar-refractivity contribution is 7.53. The molecular weight excluding hydrogens is 431 g/mol. The van der Waals surface area contributed by atoms with Crippen molar-refractivity contribution in [2.45, 2.75) is 79.3 Å². The Bertz CT molecular complexity index is 730. The Morgan fingerprint density at radius 1 is 1.00 bits per heavy atom. The van der Waals surface area contributed by atoms with E-state index >= 15 is 0 Å². The molecule has 11 heteroatoms. The Hall–Kier alpha value is -1.48. The van der Waals surface area contributed by atoms with Crippen LogP contribution in [0.5, 0.6) is 0 Å². The largest absolute Gasteiger partial charge is 0.443 e. The lowest BCUT2D eigenvalue weighted by Crippen LogP contribution is -2.43. The van der Waals surface area contributed by atoms with Gasteiger partial charge < -0.3 is 18.5 Å². The molecule has 0 unspecified atom stereocenters. The third kappa shape index (κ3) is 9.55. The number of carbonyl (C=O) groups is 2. The van der Waals surface area contributed by atoms with Crippen LogP contribution in [0.2, 0.25) is 0 Å². The van der Waals surface area contributed by atoms with Gasteiger partial charge in [0, 0.05) is 5.38 Å². The van der Waals surface area contributed by atoms with Crippen molar-refractivity contribution in [1.82, 2.24) is 9.88 Å². The molecule has 0 aliphatic carbocycles. The fourth-order valence-corrected chi connectivity index (χ4v) is 4.70. The maximum absolute atomic E-state index is 12.7. The Morgan fingerprint density at radius 2 is 1.47 bits per heavy atom. The fraction of sp³-hybridized carbons (Fsp3) is 0.737. The van der Waals surface area contributed by atoms with Crippen LogP contribution in [0.15, 0.2) is 5.38 Å². The van der Waals surface area contributed by atoms with Crippen LogP contribution < -0.4 is 0 Å². The topological polar surface area (TPSA) is 104 Å². The van der Waals surface area contributed by atoms with Crippen molar-refractivity contribution in [2.24, 2.45) is 0 Å². The minimum atomic E-state index is -3.31. The van der Waals surface area contributed by atoms with E-state index in [-0.39, 0.29) is 25.9 Å². The van der Waals surface area contributed by atoms with Gasteiger partial charge in [-0.2, -0.15) is 0 Å². The zero-order valence-electron chi connectivity index (χ0n) is 19.0. The maximum Gasteiger partial charge on any atom is 0.420 e. The van der Waals surface area contributed by atoms with E-state index in [0.29, 0.717) is 10.7 Å². The highest BCUT2D eigenvalue weighted by atomic mass is 32.1. The first-order chi connectivity index (χ1) is 13.7. The van der Waals surface area contributed by atoms with Crippen LogP contribution in [-0.2, 0) is 35.8 Å². The van der Waals surface area contributed by atoms with Crippen molar-refractivity contribution in [2.75, 3.05) is 13.2 Å². The third-order valence-corrected chi connectivity index (χ3v) is 6.02. The summed E-state index contributed by atoms with van der Waals surface area (Å²) in [6.45, 7) is 14.1. The first kappa shape index (κ1) is 26.6. The summed E-state index contributed by atoms with van der Waals surface area (Å²) in [5, 5.41) is 2.16. The van der Waals surface area contributed by atoms with E-state index in [1.54, 1.807) is 60.8 Å². The summed E-state index contributed by atoms with van der Waals surface area (Å²) in [7, 11) is -3.31. The number of ether oxygens (including phenoxy) is 2. The fourth-order valence-electron chi connectivity index (χ4n) is 2.19. The second-order valence-corrected chi connectivity index (χ2v) is 11.4. The lowest BCUT2D eigenvalue weighted by molar-refractivity contribution is -0.000284. The molecule has 9 nitrogen and oxygen atoms in total. The van der Waals surface area contributed by atoms with E-state index < -0.39 is 31.0 Å². The third-order valence-electron chi connectivity index (χ3n) is 3.13. The van der Waals surface area contributed by atoms with Crippen LogP contribution in [0.3, 0.4) is 0 Å². The molecule has 30 heavy (non-hydrogen) atoms. The number of imide groups is 1. The number of hydrogen-bond donors (Lipinski definition) is 0. The molecule has 0 N–H and O–H groups in total. The lowest BCUT2D eigenvalue weighted by Gasteiger charge is -2.28. The van der Waals surface area contributed by atoms with Gasteiger partial charge in [-0.3, -0.25) is 4.57 Å². The lowest BCUT2D eigenvalue weighted by atomic mass is 10.2. The molecule has 172 valence electrons. The van der Waals surface area contributed by atoms with Crippen LogP contribution in [0.25, 0.3) is 0 Å². The molecule has 1 rings (SSSR count). The molecule has 1 heterocycles. The number of carbonyl (C=O) groups excluding carboxylic acids is 2. The molecule has 2 amide bonds. The second kappa shape index (κ2) is 10.7. The van der Waals surface area contributed by atoms with Gasteiger partial charge >= 0.3 is 19.8 Å². The minimum Gasteiger partial charge on any atom is -0.443 e. The molecular formula is C19H33N2O7PS. The molecule has 0 radical (unpaired) electrons. The Kier molecular flexibility index (Phi) is 9.48. The van der Waals surface area contributed by atoms with Crippen LogP contribution in [0.1, 0.15) is 66.1 Å². The highest BCUT2D eigenvalue weighted by Crippen LogP contribution is 2.51. The Balaban J connectivity index is 3.03. The number of aromatic nitrogens is 1. The average molecular weight is 465 g/mol. The molecule has 1 aromatic rings. The number of hydrogen-bond acceptors (Lipinski definition) is 9. The van der Waals surface area contributed by atoms with Gasteiger partial charge in [-0.05, 0) is 55.4 Å². The van der Waals surface area contributed by atoms with Gasteiger partial charge in [-0.1, -0.05) is 0 Å². The summed E-state index contributed by atoms with van der Waals surface area (Å²) >= 11 is 1.22. The van der Waals surface area contributed by atoms with Crippen molar-refractivity contribution < 1.29 is 32.7 Å². The SMILES string of the molecule is CCOP(=O)(Cc1csc(CN(C(=O)OC(C)(C)C)C(=O)OC(C)(C)C)n1)OCC. The van der Waals surface area contributed by atoms with Crippen LogP contribution >= 0.6 is 18.9 Å². The second-order valence-electron chi connectivity index (χ2n) is 8.38. The van der Waals surface area contributed by atoms with E-state index in [4.69, 9.17) is 18.5 Å². The van der Waals surface area contributed by atoms with E-state index in [9.17, 15) is 14.2 Å². The van der Waals surface area contributed by atoms with Crippen molar-refractivity contribution in [3.8, 4) is 0 Å². The van der Waals surface area contributed by atoms with Gasteiger partial charge in [0.1, 0.15) is 16.2 Å². The van der Waals surface area contributed by atoms with Crippen molar-refractivity contribution in [3.63, 3.8) is 0 Å². The normalized spacial score (nSPS) is 12.5. The standard InChI is InChI=1S/C19H33N2O7PS/c1-9-25-29(24,26-10-2)12-14-13-30-15(20-14)11-21(16(22)27-18(3,4)5)17(23)28-19(6,7)8/h13H,9-12H2,1-8H3. The molecule has 0 aliphatic rings. The van der Waals surface area contributed by atoms with Crippen LogP contribution in [0.4, 0.5) is 9.59 Å². The van der Waals surface area contributed by atoms with E-state index in [0.717, 1.165) is 4.90 Å². The smallest absolute Gasteiger partial charge is 0.420 e. The monoisotopic (exact) mass is 464 g/mol. The summed E-state index contributed by atoms with van der Waals surface area (Å²) in [5.74, 6) is 0. The van der Waals surface area contributed by atoms with Gasteiger partial charge in [0.25, 0.3) is 0 Å². The number of amides is 2. The number of nitrogens with zero attached hydrogens (tertiary/aromatic N) is 2. The number of rotatable bonds is 8. The summed E-state index contributed by atoms with van der Waals surface area (Å²) in [4.78, 5) is 30.4. The zero-order valence-corrected chi connectivity index (χ0v) is 20.7. The van der Waals surface area contributed by atoms with Gasteiger partial charge in [0.15, 0.2) is 0 Å².